The van der Waals surface area contributed by atoms with Gasteiger partial charge in [-0.25, -0.2) is 4.79 Å². The van der Waals surface area contributed by atoms with Gasteiger partial charge in [0.1, 0.15) is 0 Å². The van der Waals surface area contributed by atoms with Gasteiger partial charge in [0.25, 0.3) is 0 Å². The SMILES string of the molecule is Cc1cc(NCCC2CCN(C)CC2)ccc1C(=O)O. The van der Waals surface area contributed by atoms with Crippen molar-refractivity contribution in [3.63, 3.8) is 0 Å². The molecular formula is C16H24N2O2. The van der Waals surface area contributed by atoms with Crippen molar-refractivity contribution in [1.82, 2.24) is 4.90 Å². The third-order valence-electron chi connectivity index (χ3n) is 4.18. The minimum absolute atomic E-state index is 0.380. The van der Waals surface area contributed by atoms with Gasteiger partial charge in [-0.3, -0.25) is 0 Å². The van der Waals surface area contributed by atoms with E-state index in [1.807, 2.05) is 19.1 Å². The van der Waals surface area contributed by atoms with Gasteiger partial charge in [0.2, 0.25) is 0 Å². The summed E-state index contributed by atoms with van der Waals surface area (Å²) in [4.78, 5) is 13.3. The van der Waals surface area contributed by atoms with Crippen LogP contribution in [0.25, 0.3) is 0 Å². The third kappa shape index (κ3) is 3.97. The molecule has 0 amide bonds. The Bertz CT molecular complexity index is 466. The highest BCUT2D eigenvalue weighted by molar-refractivity contribution is 5.89. The number of carboxylic acid groups (broad SMARTS) is 1. The molecule has 0 unspecified atom stereocenters. The fourth-order valence-corrected chi connectivity index (χ4v) is 2.78. The molecule has 20 heavy (non-hydrogen) atoms. The molecule has 0 atom stereocenters. The highest BCUT2D eigenvalue weighted by Crippen LogP contribution is 2.20. The van der Waals surface area contributed by atoms with Crippen LogP contribution < -0.4 is 5.32 Å². The van der Waals surface area contributed by atoms with E-state index in [1.54, 1.807) is 6.07 Å². The van der Waals surface area contributed by atoms with Gasteiger partial charge in [-0.15, -0.1) is 0 Å². The van der Waals surface area contributed by atoms with Crippen LogP contribution in [0.15, 0.2) is 18.2 Å². The molecule has 0 aromatic heterocycles. The second-order valence-corrected chi connectivity index (χ2v) is 5.80. The van der Waals surface area contributed by atoms with E-state index in [0.29, 0.717) is 5.56 Å². The highest BCUT2D eigenvalue weighted by atomic mass is 16.4. The van der Waals surface area contributed by atoms with Gasteiger partial charge in [0, 0.05) is 12.2 Å². The first-order chi connectivity index (χ1) is 9.56. The van der Waals surface area contributed by atoms with E-state index in [-0.39, 0.29) is 0 Å². The van der Waals surface area contributed by atoms with Crippen molar-refractivity contribution < 1.29 is 9.90 Å². The molecule has 1 fully saturated rings. The Kier molecular flexibility index (Phi) is 5.01. The second kappa shape index (κ2) is 6.75. The number of hydrogen-bond donors (Lipinski definition) is 2. The van der Waals surface area contributed by atoms with Crippen LogP contribution in [0.4, 0.5) is 5.69 Å². The molecule has 1 heterocycles. The quantitative estimate of drug-likeness (QED) is 0.868. The van der Waals surface area contributed by atoms with E-state index in [4.69, 9.17) is 5.11 Å². The highest BCUT2D eigenvalue weighted by Gasteiger charge is 2.16. The summed E-state index contributed by atoms with van der Waals surface area (Å²) in [5, 5.41) is 12.4. The van der Waals surface area contributed by atoms with Crippen LogP contribution in [0.2, 0.25) is 0 Å². The number of carbonyl (C=O) groups is 1. The summed E-state index contributed by atoms with van der Waals surface area (Å²) in [6.45, 7) is 5.21. The lowest BCUT2D eigenvalue weighted by Crippen LogP contribution is -2.30. The van der Waals surface area contributed by atoms with E-state index in [0.717, 1.165) is 23.7 Å². The molecule has 0 aliphatic carbocycles. The average Bonchev–Trinajstić information content (AvgIpc) is 2.41. The molecule has 4 nitrogen and oxygen atoms in total. The monoisotopic (exact) mass is 276 g/mol. The fraction of sp³-hybridized carbons (Fsp3) is 0.562. The Labute approximate surface area is 120 Å². The lowest BCUT2D eigenvalue weighted by atomic mass is 9.94. The molecule has 0 bridgehead atoms. The zero-order valence-electron chi connectivity index (χ0n) is 12.4. The Morgan fingerprint density at radius 2 is 2.10 bits per heavy atom. The molecule has 2 N–H and O–H groups in total. The van der Waals surface area contributed by atoms with E-state index in [1.165, 1.54) is 32.4 Å². The number of aromatic carboxylic acids is 1. The van der Waals surface area contributed by atoms with Crippen molar-refractivity contribution in [2.75, 3.05) is 32.0 Å². The van der Waals surface area contributed by atoms with Crippen molar-refractivity contribution in [3.05, 3.63) is 29.3 Å². The van der Waals surface area contributed by atoms with Gasteiger partial charge in [-0.1, -0.05) is 0 Å². The van der Waals surface area contributed by atoms with Crippen molar-refractivity contribution in [2.24, 2.45) is 5.92 Å². The summed E-state index contributed by atoms with van der Waals surface area (Å²) in [7, 11) is 2.18. The van der Waals surface area contributed by atoms with Gasteiger partial charge < -0.3 is 15.3 Å². The minimum atomic E-state index is -0.861. The Morgan fingerprint density at radius 3 is 2.70 bits per heavy atom. The number of likely N-dealkylation sites (tertiary alicyclic amines) is 1. The number of aryl methyl sites for hydroxylation is 1. The molecular weight excluding hydrogens is 252 g/mol. The first-order valence-corrected chi connectivity index (χ1v) is 7.32. The van der Waals surface area contributed by atoms with Crippen molar-refractivity contribution in [1.29, 1.82) is 0 Å². The van der Waals surface area contributed by atoms with Crippen molar-refractivity contribution in [3.8, 4) is 0 Å². The molecule has 1 saturated heterocycles. The van der Waals surface area contributed by atoms with Crippen molar-refractivity contribution >= 4 is 11.7 Å². The predicted molar refractivity (Wildman–Crippen MR) is 81.5 cm³/mol. The number of rotatable bonds is 5. The van der Waals surface area contributed by atoms with Crippen molar-refractivity contribution in [2.45, 2.75) is 26.2 Å². The lowest BCUT2D eigenvalue weighted by molar-refractivity contribution is 0.0696. The van der Waals surface area contributed by atoms with E-state index >= 15 is 0 Å². The maximum absolute atomic E-state index is 11.0. The number of nitrogens with zero attached hydrogens (tertiary/aromatic N) is 1. The summed E-state index contributed by atoms with van der Waals surface area (Å²) in [6.07, 6.45) is 3.76. The number of carboxylic acids is 1. The van der Waals surface area contributed by atoms with Gasteiger partial charge in [-0.05, 0) is 76.0 Å². The van der Waals surface area contributed by atoms with E-state index in [9.17, 15) is 4.79 Å². The molecule has 4 heteroatoms. The van der Waals surface area contributed by atoms with Crippen LogP contribution in [0.1, 0.15) is 35.2 Å². The van der Waals surface area contributed by atoms with Gasteiger partial charge in [0.05, 0.1) is 5.56 Å². The summed E-state index contributed by atoms with van der Waals surface area (Å²) in [5.74, 6) is -0.0431. The van der Waals surface area contributed by atoms with Crippen LogP contribution in [0.3, 0.4) is 0 Å². The average molecular weight is 276 g/mol. The number of anilines is 1. The van der Waals surface area contributed by atoms with Gasteiger partial charge in [0.15, 0.2) is 0 Å². The zero-order valence-corrected chi connectivity index (χ0v) is 12.4. The molecule has 1 aromatic rings. The molecule has 0 spiro atoms. The Morgan fingerprint density at radius 1 is 1.40 bits per heavy atom. The summed E-state index contributed by atoms with van der Waals surface area (Å²) in [5.41, 5.74) is 2.20. The number of piperidine rings is 1. The molecule has 0 radical (unpaired) electrons. The standard InChI is InChI=1S/C16H24N2O2/c1-12-11-14(3-4-15(12)16(19)20)17-8-5-13-6-9-18(2)10-7-13/h3-4,11,13,17H,5-10H2,1-2H3,(H,19,20). The van der Waals surface area contributed by atoms with E-state index < -0.39 is 5.97 Å². The normalized spacial score (nSPS) is 17.1. The smallest absolute Gasteiger partial charge is 0.335 e. The largest absolute Gasteiger partial charge is 0.478 e. The number of benzene rings is 1. The van der Waals surface area contributed by atoms with Crippen LogP contribution in [0, 0.1) is 12.8 Å². The third-order valence-corrected chi connectivity index (χ3v) is 4.18. The first kappa shape index (κ1) is 14.9. The molecule has 1 aliphatic rings. The topological polar surface area (TPSA) is 52.6 Å². The molecule has 110 valence electrons. The summed E-state index contributed by atoms with van der Waals surface area (Å²) >= 11 is 0. The minimum Gasteiger partial charge on any atom is -0.478 e. The van der Waals surface area contributed by atoms with Crippen LogP contribution in [-0.4, -0.2) is 42.7 Å². The fourth-order valence-electron chi connectivity index (χ4n) is 2.78. The molecule has 2 rings (SSSR count). The maximum atomic E-state index is 11.0. The summed E-state index contributed by atoms with van der Waals surface area (Å²) < 4.78 is 0. The van der Waals surface area contributed by atoms with Gasteiger partial charge in [-0.2, -0.15) is 0 Å². The Hall–Kier alpha value is -1.55. The van der Waals surface area contributed by atoms with Crippen LogP contribution >= 0.6 is 0 Å². The molecule has 0 saturated carbocycles. The first-order valence-electron chi connectivity index (χ1n) is 7.32. The number of hydrogen-bond acceptors (Lipinski definition) is 3. The summed E-state index contributed by atoms with van der Waals surface area (Å²) in [6, 6.07) is 5.44. The van der Waals surface area contributed by atoms with Crippen LogP contribution in [-0.2, 0) is 0 Å². The van der Waals surface area contributed by atoms with Crippen LogP contribution in [0.5, 0.6) is 0 Å². The van der Waals surface area contributed by atoms with Gasteiger partial charge >= 0.3 is 5.97 Å². The lowest BCUT2D eigenvalue weighted by Gasteiger charge is -2.29. The molecule has 1 aliphatic heterocycles. The number of nitrogens with one attached hydrogen (secondary N) is 1. The van der Waals surface area contributed by atoms with E-state index in [2.05, 4.69) is 17.3 Å². The zero-order chi connectivity index (χ0) is 14.5. The maximum Gasteiger partial charge on any atom is 0.335 e. The predicted octanol–water partition coefficient (Wildman–Crippen LogP) is 2.84. The second-order valence-electron chi connectivity index (χ2n) is 5.80. The molecule has 1 aromatic carbocycles. The Balaban J connectivity index is 1.79.